The maximum absolute atomic E-state index is 6.89. The van der Waals surface area contributed by atoms with E-state index in [1.807, 2.05) is 12.1 Å². The summed E-state index contributed by atoms with van der Waals surface area (Å²) in [6, 6.07) is 60.5. The van der Waals surface area contributed by atoms with Crippen LogP contribution >= 0.6 is 0 Å². The average molecular weight is 783 g/mol. The molecule has 0 radical (unpaired) electrons. The smallest absolute Gasteiger partial charge is 0.160 e. The van der Waals surface area contributed by atoms with E-state index >= 15 is 0 Å². The van der Waals surface area contributed by atoms with Crippen molar-refractivity contribution in [3.05, 3.63) is 223 Å². The molecule has 4 heterocycles. The van der Waals surface area contributed by atoms with Crippen LogP contribution in [0.5, 0.6) is 5.75 Å². The molecule has 2 aliphatic heterocycles. The molecule has 2 aromatic heterocycles. The van der Waals surface area contributed by atoms with Crippen LogP contribution in [0, 0.1) is 0 Å². The first kappa shape index (κ1) is 34.1. The Balaban J connectivity index is 1.00. The van der Waals surface area contributed by atoms with Gasteiger partial charge in [0.05, 0.1) is 28.5 Å². The Kier molecular flexibility index (Phi) is 7.49. The summed E-state index contributed by atoms with van der Waals surface area (Å²) < 4.78 is 9.40. The van der Waals surface area contributed by atoms with Gasteiger partial charge >= 0.3 is 0 Å². The number of nitrogens with zero attached hydrogens (tertiary/aromatic N) is 4. The van der Waals surface area contributed by atoms with Gasteiger partial charge in [0.25, 0.3) is 0 Å². The summed E-state index contributed by atoms with van der Waals surface area (Å²) in [6.07, 6.45) is 13.7. The monoisotopic (exact) mass is 782 g/mol. The van der Waals surface area contributed by atoms with Crippen LogP contribution in [0.2, 0.25) is 0 Å². The minimum atomic E-state index is -0.114. The highest BCUT2D eigenvalue weighted by Crippen LogP contribution is 2.57. The van der Waals surface area contributed by atoms with Crippen LogP contribution in [0.25, 0.3) is 67.3 Å². The fraction of sp³-hybridized carbons (Fsp3) is 0.0714. The molecule has 0 spiro atoms. The highest BCUT2D eigenvalue weighted by atomic mass is 16.5. The second-order valence-electron chi connectivity index (χ2n) is 16.4. The molecule has 9 aromatic rings. The fourth-order valence-electron chi connectivity index (χ4n) is 10.4. The number of aromatic nitrogens is 3. The molecule has 0 N–H and O–H groups in total. The van der Waals surface area contributed by atoms with E-state index in [0.717, 1.165) is 44.8 Å². The Morgan fingerprint density at radius 1 is 0.508 bits per heavy atom. The van der Waals surface area contributed by atoms with Crippen LogP contribution in [0.15, 0.2) is 200 Å². The minimum absolute atomic E-state index is 0.0781. The van der Waals surface area contributed by atoms with Gasteiger partial charge in [-0.25, -0.2) is 9.97 Å². The summed E-state index contributed by atoms with van der Waals surface area (Å²) in [5.74, 6) is 1.96. The second kappa shape index (κ2) is 13.4. The number of para-hydroxylation sites is 2. The molecule has 5 heteroatoms. The number of rotatable bonds is 5. The van der Waals surface area contributed by atoms with Crippen molar-refractivity contribution >= 4 is 39.3 Å². The van der Waals surface area contributed by atoms with Crippen molar-refractivity contribution in [3.8, 4) is 45.2 Å². The SMILES string of the molecule is C1=CC2c3c(ccc4c5c(n(-c6ccc(-c7ccccc7)cc6)c34)C=CC3c4ccccc4OC53)N(c3cccc(-c4nc(-c5ccccc5)c5ccccc5n4)c3)C2C=C1. The summed E-state index contributed by atoms with van der Waals surface area (Å²) in [4.78, 5) is 12.9. The predicted molar refractivity (Wildman–Crippen MR) is 248 cm³/mol. The first-order valence-electron chi connectivity index (χ1n) is 21.1. The third kappa shape index (κ3) is 5.20. The van der Waals surface area contributed by atoms with Gasteiger partial charge in [0.15, 0.2) is 5.82 Å². The number of benzene rings is 7. The molecule has 2 aliphatic carbocycles. The Bertz CT molecular complexity index is 3310. The topological polar surface area (TPSA) is 43.2 Å². The van der Waals surface area contributed by atoms with Crippen LogP contribution in [0.1, 0.15) is 40.3 Å². The maximum atomic E-state index is 6.89. The van der Waals surface area contributed by atoms with Crippen molar-refractivity contribution in [1.29, 1.82) is 0 Å². The Hall–Kier alpha value is -7.76. The summed E-state index contributed by atoms with van der Waals surface area (Å²) >= 11 is 0. The molecule has 13 rings (SSSR count). The second-order valence-corrected chi connectivity index (χ2v) is 16.4. The van der Waals surface area contributed by atoms with Crippen molar-refractivity contribution in [3.63, 3.8) is 0 Å². The van der Waals surface area contributed by atoms with Crippen LogP contribution in [-0.2, 0) is 0 Å². The van der Waals surface area contributed by atoms with Gasteiger partial charge in [-0.05, 0) is 59.7 Å². The van der Waals surface area contributed by atoms with Gasteiger partial charge in [-0.15, -0.1) is 0 Å². The van der Waals surface area contributed by atoms with Crippen molar-refractivity contribution < 1.29 is 4.74 Å². The molecule has 61 heavy (non-hydrogen) atoms. The normalized spacial score (nSPS) is 19.0. The van der Waals surface area contributed by atoms with E-state index in [-0.39, 0.29) is 24.0 Å². The van der Waals surface area contributed by atoms with E-state index in [1.165, 1.54) is 50.1 Å². The summed E-state index contributed by atoms with van der Waals surface area (Å²) in [7, 11) is 0. The summed E-state index contributed by atoms with van der Waals surface area (Å²) in [6.45, 7) is 0. The largest absolute Gasteiger partial charge is 0.484 e. The average Bonchev–Trinajstić information content (AvgIpc) is 3.99. The summed E-state index contributed by atoms with van der Waals surface area (Å²) in [5, 5.41) is 2.28. The van der Waals surface area contributed by atoms with Gasteiger partial charge in [-0.2, -0.15) is 0 Å². The molecule has 0 bridgehead atoms. The quantitative estimate of drug-likeness (QED) is 0.174. The molecule has 0 saturated heterocycles. The van der Waals surface area contributed by atoms with Gasteiger partial charge < -0.3 is 14.2 Å². The molecule has 4 aliphatic rings. The zero-order valence-corrected chi connectivity index (χ0v) is 33.1. The fourth-order valence-corrected chi connectivity index (χ4v) is 10.4. The van der Waals surface area contributed by atoms with Crippen LogP contribution < -0.4 is 9.64 Å². The Morgan fingerprint density at radius 3 is 2.11 bits per heavy atom. The minimum Gasteiger partial charge on any atom is -0.484 e. The lowest BCUT2D eigenvalue weighted by Gasteiger charge is -2.29. The lowest BCUT2D eigenvalue weighted by atomic mass is 9.85. The number of fused-ring (bicyclic) bond motifs is 12. The Morgan fingerprint density at radius 2 is 1.25 bits per heavy atom. The van der Waals surface area contributed by atoms with Gasteiger partial charge in [0.1, 0.15) is 11.9 Å². The molecular weight excluding hydrogens is 745 g/mol. The lowest BCUT2D eigenvalue weighted by Crippen LogP contribution is -2.28. The molecule has 5 nitrogen and oxygen atoms in total. The van der Waals surface area contributed by atoms with E-state index in [2.05, 4.69) is 204 Å². The van der Waals surface area contributed by atoms with E-state index in [9.17, 15) is 0 Å². The number of ether oxygens (including phenoxy) is 1. The van der Waals surface area contributed by atoms with E-state index < -0.39 is 0 Å². The van der Waals surface area contributed by atoms with Crippen molar-refractivity contribution in [1.82, 2.24) is 14.5 Å². The summed E-state index contributed by atoms with van der Waals surface area (Å²) in [5.41, 5.74) is 16.0. The zero-order chi connectivity index (χ0) is 40.0. The number of anilines is 2. The number of allylic oxidation sites excluding steroid dienone is 2. The molecule has 7 aromatic carbocycles. The zero-order valence-electron chi connectivity index (χ0n) is 33.1. The van der Waals surface area contributed by atoms with E-state index in [0.29, 0.717) is 5.82 Å². The first-order chi connectivity index (χ1) is 30.3. The van der Waals surface area contributed by atoms with Crippen molar-refractivity contribution in [2.24, 2.45) is 0 Å². The molecule has 0 fully saturated rings. The molecule has 4 unspecified atom stereocenters. The molecule has 0 amide bonds. The van der Waals surface area contributed by atoms with Crippen LogP contribution in [0.3, 0.4) is 0 Å². The van der Waals surface area contributed by atoms with Crippen molar-refractivity contribution in [2.75, 3.05) is 4.90 Å². The lowest BCUT2D eigenvalue weighted by molar-refractivity contribution is 0.224. The van der Waals surface area contributed by atoms with Crippen LogP contribution in [-0.4, -0.2) is 20.6 Å². The first-order valence-corrected chi connectivity index (χ1v) is 21.1. The predicted octanol–water partition coefficient (Wildman–Crippen LogP) is 13.5. The number of hydrogen-bond donors (Lipinski definition) is 0. The van der Waals surface area contributed by atoms with Crippen molar-refractivity contribution in [2.45, 2.75) is 24.0 Å². The molecular formula is C56H38N4O. The molecule has 0 saturated carbocycles. The van der Waals surface area contributed by atoms with Gasteiger partial charge in [0.2, 0.25) is 0 Å². The number of hydrogen-bond acceptors (Lipinski definition) is 4. The van der Waals surface area contributed by atoms with Gasteiger partial charge in [0, 0.05) is 67.5 Å². The highest BCUT2D eigenvalue weighted by molar-refractivity contribution is 6.00. The Labute approximate surface area is 353 Å². The third-order valence-electron chi connectivity index (χ3n) is 13.1. The van der Waals surface area contributed by atoms with Gasteiger partial charge in [-0.3, -0.25) is 0 Å². The standard InChI is InChI=1S/C56H38N4O/c1-3-14-35(15-4-1)36-26-28-39(29-27-36)60-49-32-30-42-41-20-9-12-25-50(41)61-55(42)52(49)45-31-33-48-51(54(45)60)44-22-8-11-24-47(44)59(48)40-19-13-18-38(34-40)56-57-46-23-10-7-21-43(46)53(58-56)37-16-5-2-6-17-37/h1-34,42,44,47,55H. The molecule has 4 atom stereocenters. The van der Waals surface area contributed by atoms with E-state index in [4.69, 9.17) is 14.7 Å². The van der Waals surface area contributed by atoms with Crippen LogP contribution in [0.4, 0.5) is 11.4 Å². The molecule has 288 valence electrons. The maximum Gasteiger partial charge on any atom is 0.160 e. The third-order valence-corrected chi connectivity index (χ3v) is 13.1. The highest BCUT2D eigenvalue weighted by Gasteiger charge is 2.44. The van der Waals surface area contributed by atoms with E-state index in [1.54, 1.807) is 0 Å². The van der Waals surface area contributed by atoms with Gasteiger partial charge in [-0.1, -0.05) is 158 Å².